The van der Waals surface area contributed by atoms with Crippen molar-refractivity contribution in [2.24, 2.45) is 17.8 Å². The Bertz CT molecular complexity index is 553. The molecule has 4 heterocycles. The van der Waals surface area contributed by atoms with E-state index in [1.54, 1.807) is 6.92 Å². The molecule has 25 heavy (non-hydrogen) atoms. The number of alkyl halides is 3. The van der Waals surface area contributed by atoms with E-state index in [1.165, 1.54) is 6.92 Å². The smallest absolute Gasteiger partial charge is 0.387 e. The Kier molecular flexibility index (Phi) is 3.82. The van der Waals surface area contributed by atoms with E-state index in [0.29, 0.717) is 12.8 Å². The molecule has 8 heteroatoms. The summed E-state index contributed by atoms with van der Waals surface area (Å²) in [6, 6.07) is 0. The molecule has 0 radical (unpaired) electrons. The molecule has 2 bridgehead atoms. The largest absolute Gasteiger partial charge is 0.391 e. The first-order chi connectivity index (χ1) is 11.5. The molecule has 0 aromatic carbocycles. The molecule has 1 spiro atoms. The zero-order valence-electron chi connectivity index (χ0n) is 14.6. The van der Waals surface area contributed by atoms with Gasteiger partial charge in [-0.25, -0.2) is 9.78 Å². The first-order valence-corrected chi connectivity index (χ1v) is 8.97. The lowest BCUT2D eigenvalue weighted by Crippen LogP contribution is -2.75. The summed E-state index contributed by atoms with van der Waals surface area (Å²) >= 11 is 0. The average Bonchev–Trinajstić information content (AvgIpc) is 2.70. The van der Waals surface area contributed by atoms with Crippen LogP contribution < -0.4 is 0 Å². The summed E-state index contributed by atoms with van der Waals surface area (Å²) in [5.41, 5.74) is -2.76. The fourth-order valence-electron chi connectivity index (χ4n) is 5.44. The van der Waals surface area contributed by atoms with Crippen LogP contribution in [0.1, 0.15) is 52.9 Å². The Hall–Kier alpha value is -0.410. The normalized spacial score (nSPS) is 55.6. The van der Waals surface area contributed by atoms with Gasteiger partial charge in [0.2, 0.25) is 5.79 Å². The van der Waals surface area contributed by atoms with E-state index in [4.69, 9.17) is 19.2 Å². The first kappa shape index (κ1) is 18.0. The van der Waals surface area contributed by atoms with Gasteiger partial charge in [-0.2, -0.15) is 13.2 Å². The molecule has 0 unspecified atom stereocenters. The van der Waals surface area contributed by atoms with E-state index < -0.39 is 47.9 Å². The molecule has 5 fully saturated rings. The summed E-state index contributed by atoms with van der Waals surface area (Å²) in [5.74, 6) is -1.30. The van der Waals surface area contributed by atoms with Crippen LogP contribution in [-0.4, -0.2) is 40.7 Å². The Morgan fingerprint density at radius 3 is 2.52 bits per heavy atom. The number of hydrogen-bond donors (Lipinski definition) is 1. The van der Waals surface area contributed by atoms with Gasteiger partial charge < -0.3 is 14.6 Å². The molecule has 1 N–H and O–H groups in total. The van der Waals surface area contributed by atoms with Crippen molar-refractivity contribution in [2.75, 3.05) is 0 Å². The van der Waals surface area contributed by atoms with E-state index in [1.807, 2.05) is 0 Å². The van der Waals surface area contributed by atoms with Crippen molar-refractivity contribution in [3.8, 4) is 0 Å². The van der Waals surface area contributed by atoms with Gasteiger partial charge >= 0.3 is 6.18 Å². The van der Waals surface area contributed by atoms with Gasteiger partial charge in [0, 0.05) is 12.3 Å². The van der Waals surface area contributed by atoms with Crippen molar-refractivity contribution in [3.63, 3.8) is 0 Å². The SMILES string of the molecule is C[C@@H]1CC[C@H]2[C@@](C)(O)[C@@H](CC(F)(F)F)O[C@@H]3O[C@@]4(C)CC[C@@H]1[C@]32OO4. The Morgan fingerprint density at radius 2 is 1.84 bits per heavy atom. The first-order valence-electron chi connectivity index (χ1n) is 8.97. The summed E-state index contributed by atoms with van der Waals surface area (Å²) in [4.78, 5) is 11.4. The molecule has 0 aromatic heterocycles. The van der Waals surface area contributed by atoms with E-state index >= 15 is 0 Å². The van der Waals surface area contributed by atoms with Gasteiger partial charge in [-0.1, -0.05) is 6.92 Å². The van der Waals surface area contributed by atoms with Gasteiger partial charge in [-0.15, -0.1) is 0 Å². The Morgan fingerprint density at radius 1 is 1.12 bits per heavy atom. The fraction of sp³-hybridized carbons (Fsp3) is 1.00. The third kappa shape index (κ3) is 2.56. The topological polar surface area (TPSA) is 57.2 Å². The average molecular weight is 366 g/mol. The van der Waals surface area contributed by atoms with Gasteiger partial charge in [-0.05, 0) is 44.9 Å². The summed E-state index contributed by atoms with van der Waals surface area (Å²) in [5, 5.41) is 11.1. The third-order valence-corrected chi connectivity index (χ3v) is 6.78. The van der Waals surface area contributed by atoms with Crippen LogP contribution in [0.5, 0.6) is 0 Å². The number of fused-ring (bicyclic) bond motifs is 2. The number of hydrogen-bond acceptors (Lipinski definition) is 5. The second-order valence-electron chi connectivity index (χ2n) is 8.53. The summed E-state index contributed by atoms with van der Waals surface area (Å²) in [6.07, 6.45) is -5.33. The quantitative estimate of drug-likeness (QED) is 0.722. The van der Waals surface area contributed by atoms with Gasteiger partial charge in [-0.3, -0.25) is 0 Å². The molecule has 4 aliphatic heterocycles. The lowest BCUT2D eigenvalue weighted by atomic mass is 9.56. The van der Waals surface area contributed by atoms with Crippen LogP contribution in [0.2, 0.25) is 0 Å². The monoisotopic (exact) mass is 366 g/mol. The predicted octanol–water partition coefficient (Wildman–Crippen LogP) is 3.30. The van der Waals surface area contributed by atoms with Crippen LogP contribution >= 0.6 is 0 Å². The van der Waals surface area contributed by atoms with Crippen LogP contribution in [0, 0.1) is 17.8 Å². The predicted molar refractivity (Wildman–Crippen MR) is 79.0 cm³/mol. The van der Waals surface area contributed by atoms with Crippen molar-refractivity contribution in [1.82, 2.24) is 0 Å². The third-order valence-electron chi connectivity index (χ3n) is 6.78. The standard InChI is InChI=1S/C17H25F3O5/c1-9-4-5-11-15(3,21)12(8-16(18,19)20)22-13-17(11)10(9)6-7-14(2,23-13)24-25-17/h9-13,21H,4-8H2,1-3H3/t9-,10+,11+,12-,13-,14-,15-,17-/m1/s1. The van der Waals surface area contributed by atoms with E-state index in [2.05, 4.69) is 6.92 Å². The zero-order chi connectivity index (χ0) is 18.3. The maximum Gasteiger partial charge on any atom is 0.391 e. The van der Waals surface area contributed by atoms with Crippen molar-refractivity contribution in [2.45, 2.75) is 88.4 Å². The van der Waals surface area contributed by atoms with E-state index in [-0.39, 0.29) is 11.8 Å². The van der Waals surface area contributed by atoms with E-state index in [9.17, 15) is 18.3 Å². The minimum atomic E-state index is -4.44. The van der Waals surface area contributed by atoms with Gasteiger partial charge in [0.1, 0.15) is 0 Å². The molecule has 5 nitrogen and oxygen atoms in total. The maximum atomic E-state index is 13.0. The number of rotatable bonds is 1. The maximum absolute atomic E-state index is 13.0. The molecule has 8 atom stereocenters. The van der Waals surface area contributed by atoms with Crippen LogP contribution in [0.15, 0.2) is 0 Å². The highest BCUT2D eigenvalue weighted by Crippen LogP contribution is 2.62. The minimum absolute atomic E-state index is 0.00103. The van der Waals surface area contributed by atoms with Crippen molar-refractivity contribution >= 4 is 0 Å². The minimum Gasteiger partial charge on any atom is -0.387 e. The summed E-state index contributed by atoms with van der Waals surface area (Å²) < 4.78 is 50.8. The highest BCUT2D eigenvalue weighted by Gasteiger charge is 2.73. The Balaban J connectivity index is 1.77. The zero-order valence-corrected chi connectivity index (χ0v) is 14.6. The molecular weight excluding hydrogens is 341 g/mol. The molecular formula is C17H25F3O5. The van der Waals surface area contributed by atoms with Gasteiger partial charge in [0.15, 0.2) is 11.9 Å². The van der Waals surface area contributed by atoms with Gasteiger partial charge in [0.05, 0.1) is 18.1 Å². The molecule has 144 valence electrons. The van der Waals surface area contributed by atoms with Crippen molar-refractivity contribution in [1.29, 1.82) is 0 Å². The number of aliphatic hydroxyl groups is 1. The molecule has 5 aliphatic rings. The lowest BCUT2D eigenvalue weighted by Gasteiger charge is -2.62. The molecule has 5 rings (SSSR count). The second kappa shape index (κ2) is 5.32. The van der Waals surface area contributed by atoms with Crippen molar-refractivity contribution < 1.29 is 37.5 Å². The second-order valence-corrected chi connectivity index (χ2v) is 8.53. The number of ether oxygens (including phenoxy) is 2. The summed E-state index contributed by atoms with van der Waals surface area (Å²) in [7, 11) is 0. The van der Waals surface area contributed by atoms with Crippen LogP contribution in [0.4, 0.5) is 13.2 Å². The highest BCUT2D eigenvalue weighted by atomic mass is 19.4. The Labute approximate surface area is 144 Å². The van der Waals surface area contributed by atoms with Gasteiger partial charge in [0.25, 0.3) is 0 Å². The molecule has 0 amide bonds. The number of halogens is 3. The molecule has 1 aliphatic carbocycles. The van der Waals surface area contributed by atoms with Crippen LogP contribution in [0.25, 0.3) is 0 Å². The van der Waals surface area contributed by atoms with Crippen molar-refractivity contribution in [3.05, 3.63) is 0 Å². The summed E-state index contributed by atoms with van der Waals surface area (Å²) in [6.45, 7) is 5.24. The lowest BCUT2D eigenvalue weighted by molar-refractivity contribution is -0.577. The van der Waals surface area contributed by atoms with Crippen LogP contribution in [-0.2, 0) is 19.2 Å². The molecule has 1 saturated carbocycles. The molecule has 0 aromatic rings. The van der Waals surface area contributed by atoms with E-state index in [0.717, 1.165) is 12.8 Å². The fourth-order valence-corrected chi connectivity index (χ4v) is 5.44. The highest BCUT2D eigenvalue weighted by molar-refractivity contribution is 5.14. The van der Waals surface area contributed by atoms with Crippen LogP contribution in [0.3, 0.4) is 0 Å². The molecule has 4 saturated heterocycles.